The molecule has 0 aromatic heterocycles. The van der Waals surface area contributed by atoms with Crippen molar-refractivity contribution in [3.63, 3.8) is 0 Å². The number of hydroxylamine groups is 2. The third-order valence-electron chi connectivity index (χ3n) is 17.2. The lowest BCUT2D eigenvalue weighted by Gasteiger charge is -2.42. The molecule has 0 radical (unpaired) electrons. The Morgan fingerprint density at radius 2 is 1.63 bits per heavy atom. The number of allylic oxidation sites excluding steroid dienone is 3. The number of nitrogens with two attached hydrogens (primary N) is 1. The van der Waals surface area contributed by atoms with Crippen LogP contribution >= 0.6 is 23.8 Å². The molecule has 10 atom stereocenters. The summed E-state index contributed by atoms with van der Waals surface area (Å²) < 4.78 is 35.0. The summed E-state index contributed by atoms with van der Waals surface area (Å²) in [7, 11) is 4.42. The zero-order valence-corrected chi connectivity index (χ0v) is 56.3. The predicted molar refractivity (Wildman–Crippen MR) is 344 cm³/mol. The fourth-order valence-electron chi connectivity index (χ4n) is 11.3. The number of benzene rings is 2. The van der Waals surface area contributed by atoms with E-state index in [2.05, 4.69) is 21.3 Å². The molecule has 7 N–H and O–H groups in total. The average molecular weight is 1340 g/mol. The molecule has 510 valence electrons. The minimum atomic E-state index is -1.90. The van der Waals surface area contributed by atoms with E-state index in [4.69, 9.17) is 62.8 Å². The van der Waals surface area contributed by atoms with Gasteiger partial charge in [-0.25, -0.2) is 19.2 Å². The molecular formula is C65H89ClN8O18S. The van der Waals surface area contributed by atoms with E-state index < -0.39 is 120 Å². The molecule has 2 aromatic rings. The number of alkyl carbamates (subject to hydrolysis) is 1. The highest BCUT2D eigenvalue weighted by atomic mass is 35.5. The van der Waals surface area contributed by atoms with Gasteiger partial charge in [0.15, 0.2) is 11.5 Å². The van der Waals surface area contributed by atoms with Crippen LogP contribution in [0.5, 0.6) is 0 Å². The van der Waals surface area contributed by atoms with Gasteiger partial charge in [0, 0.05) is 83.8 Å². The molecule has 8 amide bonds. The van der Waals surface area contributed by atoms with E-state index >= 15 is 0 Å². The van der Waals surface area contributed by atoms with E-state index in [1.165, 1.54) is 36.9 Å². The van der Waals surface area contributed by atoms with Crippen molar-refractivity contribution in [2.75, 3.05) is 65.6 Å². The fourth-order valence-corrected chi connectivity index (χ4v) is 11.8. The Balaban J connectivity index is 1.09. The second kappa shape index (κ2) is 33.6. The summed E-state index contributed by atoms with van der Waals surface area (Å²) in [6, 6.07) is 5.51. The highest BCUT2D eigenvalue weighted by Crippen LogP contribution is 2.49. The number of carbonyl (C=O) groups is 10. The predicted octanol–water partition coefficient (Wildman–Crippen LogP) is 5.09. The maximum absolute atomic E-state index is 14.5. The lowest BCUT2D eigenvalue weighted by molar-refractivity contribution is -0.198. The number of hydrogen-bond donors (Lipinski definition) is 6. The number of urea groups is 1. The number of carbonyl (C=O) groups excluding carboxylic acids is 10. The van der Waals surface area contributed by atoms with Crippen LogP contribution in [0.1, 0.15) is 126 Å². The SMILES string of the molecule is CO[C@@H]1/C=C/C=C(\C)Cc2cc(C)c(Cl)c(c2)N(C)C(=O)C[C@H](OC(=O)[C@H](C)N(C)C(=O)c2ccc(CC(=O)[C@H](CCCNC(N)=O)NC(=O)[C@@H](CC(=S)NCCOCCOCCC(=O)ON3C(=O)CCC3=O)C(C)C)c(C)c2)[C@]2(C)O[C@H]2[C@H](C)[C@@H]2C[C@@]1(O)NC(=O)O2. The zero-order chi connectivity index (χ0) is 68.6. The van der Waals surface area contributed by atoms with Gasteiger partial charge in [0.05, 0.1) is 67.1 Å². The number of imide groups is 1. The van der Waals surface area contributed by atoms with Gasteiger partial charge in [0.2, 0.25) is 11.8 Å². The molecular weight excluding hydrogens is 1250 g/mol. The van der Waals surface area contributed by atoms with Gasteiger partial charge in [0.25, 0.3) is 17.7 Å². The van der Waals surface area contributed by atoms with E-state index in [-0.39, 0.29) is 95.2 Å². The van der Waals surface area contributed by atoms with Crippen molar-refractivity contribution in [2.45, 2.75) is 167 Å². The van der Waals surface area contributed by atoms with Gasteiger partial charge >= 0.3 is 24.1 Å². The standard InChI is InChI=1S/C65H89ClN8O18S/c1-36(2)45(33-52(93)68-23-25-88-27-26-87-24-21-56(79)92-74-53(76)19-20-54(74)77)59(80)70-46(15-13-22-69-62(67)83)48(75)32-43-17-18-44(30-38(43)4)60(81)72(9)41(7)61(82)90-51-34-55(78)73(10)47-31-42(29-39(5)57(47)66)28-37(3)14-12-16-50(86-11)65(85)35-49(89-63(84)71-65)40(6)58-64(51,8)91-58/h12,14,16-18,29-31,36,40-41,45-46,49-51,58,85H,13,15,19-28,32-35H2,1-11H3,(H,68,93)(H,70,80)(H,71,84)(H3,67,69,83)/b16-12+,37-14+/t40-,41+,45+,46+,49+,50-,51+,58+,64+,65+/m1/s1. The summed E-state index contributed by atoms with van der Waals surface area (Å²) in [5, 5.41) is 23.8. The number of aryl methyl sites for hydroxylation is 2. The van der Waals surface area contributed by atoms with Crippen LogP contribution in [-0.2, 0) is 79.7 Å². The smallest absolute Gasteiger partial charge is 0.409 e. The molecule has 4 aliphatic heterocycles. The highest BCUT2D eigenvalue weighted by Gasteiger charge is 2.64. The van der Waals surface area contributed by atoms with Crippen LogP contribution in [0.3, 0.4) is 0 Å². The van der Waals surface area contributed by atoms with Gasteiger partial charge in [-0.05, 0) is 100 Å². The fraction of sp³-hybridized carbons (Fsp3) is 0.585. The number of Topliss-reactive ketones (excluding diaryl/α,β-unsaturated/α-hetero) is 1. The number of esters is 1. The number of fused-ring (bicyclic) bond motifs is 5. The molecule has 0 unspecified atom stereocenters. The number of amides is 8. The minimum Gasteiger partial charge on any atom is -0.457 e. The molecule has 26 nitrogen and oxygen atoms in total. The normalized spacial score (nSPS) is 24.2. The van der Waals surface area contributed by atoms with E-state index in [0.29, 0.717) is 51.3 Å². The van der Waals surface area contributed by atoms with E-state index in [9.17, 15) is 53.1 Å². The number of epoxide rings is 1. The number of ether oxygens (including phenoxy) is 6. The van der Waals surface area contributed by atoms with Gasteiger partial charge in [-0.2, -0.15) is 0 Å². The van der Waals surface area contributed by atoms with Crippen molar-refractivity contribution in [2.24, 2.45) is 23.5 Å². The number of aliphatic hydroxyl groups is 1. The lowest BCUT2D eigenvalue weighted by atomic mass is 9.83. The van der Waals surface area contributed by atoms with Crippen LogP contribution in [0, 0.1) is 31.6 Å². The van der Waals surface area contributed by atoms with Gasteiger partial charge in [-0.1, -0.05) is 80.5 Å². The number of halogens is 1. The second-order valence-electron chi connectivity index (χ2n) is 24.6. The molecule has 4 heterocycles. The summed E-state index contributed by atoms with van der Waals surface area (Å²) in [6.45, 7) is 15.1. The summed E-state index contributed by atoms with van der Waals surface area (Å²) in [5.74, 6) is -6.04. The molecule has 3 saturated heterocycles. The highest BCUT2D eigenvalue weighted by molar-refractivity contribution is 7.80. The third-order valence-corrected chi connectivity index (χ3v) is 18.0. The Hall–Kier alpha value is -7.40. The molecule has 0 spiro atoms. The average Bonchev–Trinajstić information content (AvgIpc) is 1.59. The van der Waals surface area contributed by atoms with Crippen molar-refractivity contribution >= 4 is 93.9 Å². The van der Waals surface area contributed by atoms with Crippen LogP contribution in [0.25, 0.3) is 0 Å². The summed E-state index contributed by atoms with van der Waals surface area (Å²) in [6.07, 6.45) is 0.631. The number of thiocarbonyl (C=S) groups is 1. The van der Waals surface area contributed by atoms with E-state index in [1.807, 2.05) is 45.9 Å². The molecule has 4 aliphatic rings. The lowest BCUT2D eigenvalue weighted by Crippen LogP contribution is -2.63. The van der Waals surface area contributed by atoms with Gasteiger partial charge in [0.1, 0.15) is 30.0 Å². The molecule has 0 saturated carbocycles. The molecule has 4 bridgehead atoms. The monoisotopic (exact) mass is 1340 g/mol. The number of nitrogens with zero attached hydrogens (tertiary/aromatic N) is 3. The quantitative estimate of drug-likeness (QED) is 0.0223. The Labute approximate surface area is 552 Å². The Morgan fingerprint density at radius 1 is 0.946 bits per heavy atom. The van der Waals surface area contributed by atoms with E-state index in [1.54, 1.807) is 52.1 Å². The minimum absolute atomic E-state index is 0.00530. The van der Waals surface area contributed by atoms with Crippen molar-refractivity contribution in [3.8, 4) is 0 Å². The van der Waals surface area contributed by atoms with Crippen molar-refractivity contribution in [3.05, 3.63) is 87.0 Å². The second-order valence-corrected chi connectivity index (χ2v) is 25.5. The van der Waals surface area contributed by atoms with Crippen LogP contribution in [0.4, 0.5) is 15.3 Å². The van der Waals surface area contributed by atoms with Crippen LogP contribution in [0.2, 0.25) is 5.02 Å². The van der Waals surface area contributed by atoms with Crippen LogP contribution < -0.4 is 31.9 Å². The number of anilines is 1. The van der Waals surface area contributed by atoms with Gasteiger partial charge < -0.3 is 69.8 Å². The summed E-state index contributed by atoms with van der Waals surface area (Å²) in [5.41, 5.74) is 6.29. The third kappa shape index (κ3) is 20.3. The maximum Gasteiger partial charge on any atom is 0.409 e. The van der Waals surface area contributed by atoms with Crippen molar-refractivity contribution < 1.29 is 86.3 Å². The zero-order valence-electron chi connectivity index (χ0n) is 54.7. The Morgan fingerprint density at radius 3 is 2.29 bits per heavy atom. The molecule has 93 heavy (non-hydrogen) atoms. The van der Waals surface area contributed by atoms with Crippen molar-refractivity contribution in [1.82, 2.24) is 31.2 Å². The maximum atomic E-state index is 14.5. The van der Waals surface area contributed by atoms with Gasteiger partial charge in [-0.15, -0.1) is 5.06 Å². The number of nitrogens with one attached hydrogen (secondary N) is 4. The first-order chi connectivity index (χ1) is 43.9. The first-order valence-corrected chi connectivity index (χ1v) is 31.9. The Bertz CT molecular complexity index is 3180. The molecule has 2 aromatic carbocycles. The van der Waals surface area contributed by atoms with Crippen molar-refractivity contribution in [1.29, 1.82) is 0 Å². The number of ketones is 1. The van der Waals surface area contributed by atoms with Crippen LogP contribution in [0.15, 0.2) is 54.1 Å². The molecule has 0 aliphatic carbocycles. The Kier molecular flexibility index (Phi) is 27.0. The first-order valence-electron chi connectivity index (χ1n) is 31.1. The van der Waals surface area contributed by atoms with E-state index in [0.717, 1.165) is 16.7 Å². The summed E-state index contributed by atoms with van der Waals surface area (Å²) >= 11 is 12.5. The number of likely N-dealkylation sites (N-methyl/N-ethyl adjacent to an activating group) is 1. The molecule has 28 heteroatoms. The number of hydrogen-bond acceptors (Lipinski definition) is 19. The number of primary amides is 1. The number of methoxy groups -OCH3 is 1. The topological polar surface area (TPSA) is 343 Å². The largest absolute Gasteiger partial charge is 0.457 e. The molecule has 3 fully saturated rings. The first kappa shape index (κ1) is 74.6. The van der Waals surface area contributed by atoms with Gasteiger partial charge in [-0.3, -0.25) is 34.1 Å². The summed E-state index contributed by atoms with van der Waals surface area (Å²) in [4.78, 5) is 139. The number of rotatable bonds is 27. The van der Waals surface area contributed by atoms with Crippen LogP contribution in [-0.4, -0.2) is 188 Å². The molecule has 6 rings (SSSR count).